The van der Waals surface area contributed by atoms with E-state index in [4.69, 9.17) is 0 Å². The number of benzene rings is 1. The van der Waals surface area contributed by atoms with Crippen LogP contribution in [-0.4, -0.2) is 38.1 Å². The van der Waals surface area contributed by atoms with Crippen LogP contribution in [0.25, 0.3) is 0 Å². The molecule has 0 radical (unpaired) electrons. The quantitative estimate of drug-likeness (QED) is 0.515. The zero-order valence-electron chi connectivity index (χ0n) is 17.7. The number of nitrogens with one attached hydrogen (secondary N) is 3. The van der Waals surface area contributed by atoms with Gasteiger partial charge in [0.25, 0.3) is 5.91 Å². The van der Waals surface area contributed by atoms with Crippen LogP contribution < -0.4 is 15.4 Å². The predicted octanol–water partition coefficient (Wildman–Crippen LogP) is 2.88. The highest BCUT2D eigenvalue weighted by molar-refractivity contribution is 7.90. The van der Waals surface area contributed by atoms with Crippen molar-refractivity contribution < 1.29 is 18.0 Å². The number of hydrogen-bond donors (Lipinski definition) is 3. The predicted molar refractivity (Wildman–Crippen MR) is 113 cm³/mol. The minimum absolute atomic E-state index is 0.0265. The van der Waals surface area contributed by atoms with Crippen molar-refractivity contribution in [2.75, 3.05) is 11.9 Å². The summed E-state index contributed by atoms with van der Waals surface area (Å²) >= 11 is 0. The number of carbonyl (C=O) groups is 2. The summed E-state index contributed by atoms with van der Waals surface area (Å²) in [5.74, 6) is -0.320. The van der Waals surface area contributed by atoms with Gasteiger partial charge < -0.3 is 10.6 Å². The molecule has 1 aromatic carbocycles. The lowest BCUT2D eigenvalue weighted by Crippen LogP contribution is -2.31. The van der Waals surface area contributed by atoms with E-state index >= 15 is 0 Å². The van der Waals surface area contributed by atoms with Gasteiger partial charge in [-0.1, -0.05) is 0 Å². The maximum atomic E-state index is 12.4. The lowest BCUT2D eigenvalue weighted by molar-refractivity contribution is -0.116. The average Bonchev–Trinajstić information content (AvgIpc) is 2.56. The molecule has 0 aromatic heterocycles. The number of aryl methyl sites for hydroxylation is 1. The Morgan fingerprint density at radius 3 is 2.25 bits per heavy atom. The molecule has 2 amide bonds. The molecular weight excluding hydrogens is 378 g/mol. The van der Waals surface area contributed by atoms with Gasteiger partial charge in [-0.3, -0.25) is 9.59 Å². The summed E-state index contributed by atoms with van der Waals surface area (Å²) < 4.78 is 25.9. The first-order chi connectivity index (χ1) is 12.9. The van der Waals surface area contributed by atoms with Crippen molar-refractivity contribution in [3.05, 3.63) is 28.8 Å². The van der Waals surface area contributed by atoms with Crippen LogP contribution >= 0.6 is 0 Å². The first kappa shape index (κ1) is 24.1. The van der Waals surface area contributed by atoms with Crippen LogP contribution in [0.15, 0.2) is 12.1 Å². The molecule has 0 spiro atoms. The molecule has 28 heavy (non-hydrogen) atoms. The standard InChI is InChI=1S/C20H33N3O4S/c1-13(2)22-20(25)17-11-15(5)12-18(16(17)6)23-19(24)9-7-8-10-21-28(26,27)14(3)4/h11-14,21H,7-10H2,1-6H3,(H,22,25)(H,23,24). The Labute approximate surface area is 168 Å². The molecule has 0 bridgehead atoms. The largest absolute Gasteiger partial charge is 0.350 e. The van der Waals surface area contributed by atoms with Gasteiger partial charge in [0, 0.05) is 30.3 Å². The maximum absolute atomic E-state index is 12.4. The van der Waals surface area contributed by atoms with Crippen LogP contribution in [0.1, 0.15) is 68.4 Å². The van der Waals surface area contributed by atoms with Crippen molar-refractivity contribution in [1.82, 2.24) is 10.0 Å². The lowest BCUT2D eigenvalue weighted by atomic mass is 10.0. The summed E-state index contributed by atoms with van der Waals surface area (Å²) in [6.07, 6.45) is 1.43. The Morgan fingerprint density at radius 2 is 1.68 bits per heavy atom. The highest BCUT2D eigenvalue weighted by Crippen LogP contribution is 2.22. The topological polar surface area (TPSA) is 104 Å². The van der Waals surface area contributed by atoms with E-state index in [9.17, 15) is 18.0 Å². The molecular formula is C20H33N3O4S. The minimum Gasteiger partial charge on any atom is -0.350 e. The molecule has 0 unspecified atom stereocenters. The summed E-state index contributed by atoms with van der Waals surface area (Å²) in [5.41, 5.74) is 2.78. The van der Waals surface area contributed by atoms with Gasteiger partial charge in [0.15, 0.2) is 0 Å². The van der Waals surface area contributed by atoms with Crippen LogP contribution in [0.5, 0.6) is 0 Å². The molecule has 158 valence electrons. The fourth-order valence-electron chi connectivity index (χ4n) is 2.57. The molecule has 0 fully saturated rings. The number of anilines is 1. The molecule has 0 heterocycles. The fourth-order valence-corrected chi connectivity index (χ4v) is 3.33. The van der Waals surface area contributed by atoms with Crippen LogP contribution in [0.2, 0.25) is 0 Å². The number of unbranched alkanes of at least 4 members (excludes halogenated alkanes) is 1. The Morgan fingerprint density at radius 1 is 1.04 bits per heavy atom. The maximum Gasteiger partial charge on any atom is 0.251 e. The zero-order valence-corrected chi connectivity index (χ0v) is 18.5. The van der Waals surface area contributed by atoms with E-state index in [-0.39, 0.29) is 24.3 Å². The molecule has 0 aliphatic carbocycles. The van der Waals surface area contributed by atoms with Crippen molar-refractivity contribution in [3.63, 3.8) is 0 Å². The molecule has 8 heteroatoms. The molecule has 0 aliphatic heterocycles. The summed E-state index contributed by atoms with van der Waals surface area (Å²) in [7, 11) is -3.27. The van der Waals surface area contributed by atoms with Gasteiger partial charge >= 0.3 is 0 Å². The van der Waals surface area contributed by atoms with Gasteiger partial charge in [0.05, 0.1) is 5.25 Å². The number of amides is 2. The van der Waals surface area contributed by atoms with Crippen molar-refractivity contribution in [2.24, 2.45) is 0 Å². The van der Waals surface area contributed by atoms with Gasteiger partial charge in [-0.25, -0.2) is 13.1 Å². The summed E-state index contributed by atoms with van der Waals surface area (Å²) in [6, 6.07) is 3.68. The van der Waals surface area contributed by atoms with E-state index in [1.807, 2.05) is 39.8 Å². The van der Waals surface area contributed by atoms with Crippen LogP contribution in [-0.2, 0) is 14.8 Å². The third-order valence-electron chi connectivity index (χ3n) is 4.24. The molecule has 0 atom stereocenters. The molecule has 1 aromatic rings. The molecule has 1 rings (SSSR count). The Bertz CT molecular complexity index is 802. The second-order valence-corrected chi connectivity index (χ2v) is 9.93. The van der Waals surface area contributed by atoms with Crippen LogP contribution in [0.3, 0.4) is 0 Å². The van der Waals surface area contributed by atoms with Crippen molar-refractivity contribution in [3.8, 4) is 0 Å². The fraction of sp³-hybridized carbons (Fsp3) is 0.600. The first-order valence-corrected chi connectivity index (χ1v) is 11.2. The Kier molecular flexibility index (Phi) is 9.10. The Balaban J connectivity index is 2.62. The molecule has 0 aliphatic rings. The van der Waals surface area contributed by atoms with E-state index in [1.165, 1.54) is 0 Å². The number of hydrogen-bond acceptors (Lipinski definition) is 4. The number of rotatable bonds is 10. The van der Waals surface area contributed by atoms with Crippen molar-refractivity contribution >= 4 is 27.5 Å². The summed E-state index contributed by atoms with van der Waals surface area (Å²) in [6.45, 7) is 11.0. The number of carbonyl (C=O) groups excluding carboxylic acids is 2. The van der Waals surface area contributed by atoms with E-state index < -0.39 is 15.3 Å². The highest BCUT2D eigenvalue weighted by atomic mass is 32.2. The van der Waals surface area contributed by atoms with Crippen LogP contribution in [0, 0.1) is 13.8 Å². The highest BCUT2D eigenvalue weighted by Gasteiger charge is 2.16. The zero-order chi connectivity index (χ0) is 21.5. The molecule has 7 nitrogen and oxygen atoms in total. The second-order valence-electron chi connectivity index (χ2n) is 7.61. The molecule has 3 N–H and O–H groups in total. The Hall–Kier alpha value is -1.93. The molecule has 0 saturated heterocycles. The third kappa shape index (κ3) is 7.59. The summed E-state index contributed by atoms with van der Waals surface area (Å²) in [5, 5.41) is 5.27. The van der Waals surface area contributed by atoms with Crippen molar-refractivity contribution in [1.29, 1.82) is 0 Å². The van der Waals surface area contributed by atoms with E-state index in [1.54, 1.807) is 13.8 Å². The van der Waals surface area contributed by atoms with E-state index in [2.05, 4.69) is 15.4 Å². The summed E-state index contributed by atoms with van der Waals surface area (Å²) in [4.78, 5) is 24.6. The van der Waals surface area contributed by atoms with Gasteiger partial charge in [0.1, 0.15) is 0 Å². The van der Waals surface area contributed by atoms with Crippen molar-refractivity contribution in [2.45, 2.75) is 72.1 Å². The van der Waals surface area contributed by atoms with Gasteiger partial charge in [-0.2, -0.15) is 0 Å². The van der Waals surface area contributed by atoms with Gasteiger partial charge in [-0.05, 0) is 77.6 Å². The normalized spacial score (nSPS) is 11.7. The van der Waals surface area contributed by atoms with Gasteiger partial charge in [0.2, 0.25) is 15.9 Å². The van der Waals surface area contributed by atoms with Gasteiger partial charge in [-0.15, -0.1) is 0 Å². The minimum atomic E-state index is -3.27. The van der Waals surface area contributed by atoms with Crippen LogP contribution in [0.4, 0.5) is 5.69 Å². The monoisotopic (exact) mass is 411 g/mol. The van der Waals surface area contributed by atoms with E-state index in [0.29, 0.717) is 30.6 Å². The van der Waals surface area contributed by atoms with E-state index in [0.717, 1.165) is 11.1 Å². The average molecular weight is 412 g/mol. The lowest BCUT2D eigenvalue weighted by Gasteiger charge is -2.15. The number of sulfonamides is 1. The SMILES string of the molecule is Cc1cc(NC(=O)CCCCNS(=O)(=O)C(C)C)c(C)c(C(=O)NC(C)C)c1. The smallest absolute Gasteiger partial charge is 0.251 e. The second kappa shape index (κ2) is 10.6. The first-order valence-electron chi connectivity index (χ1n) is 9.64. The third-order valence-corrected chi connectivity index (χ3v) is 6.09. The molecule has 0 saturated carbocycles.